The minimum Gasteiger partial charge on any atom is -0.338 e. The lowest BCUT2D eigenvalue weighted by Crippen LogP contribution is -2.50. The molecular formula is C21H18ClF3N4O. The van der Waals surface area contributed by atoms with Gasteiger partial charge in [0.05, 0.1) is 22.8 Å². The lowest BCUT2D eigenvalue weighted by molar-refractivity contribution is -0.137. The molecule has 1 aliphatic heterocycles. The van der Waals surface area contributed by atoms with Gasteiger partial charge in [-0.05, 0) is 24.1 Å². The van der Waals surface area contributed by atoms with Crippen LogP contribution in [0.15, 0.2) is 54.7 Å². The van der Waals surface area contributed by atoms with Crippen molar-refractivity contribution in [1.82, 2.24) is 19.9 Å². The number of halogens is 4. The Balaban J connectivity index is 1.31. The average Bonchev–Trinajstić information content (AvgIpc) is 3.15. The van der Waals surface area contributed by atoms with Crippen molar-refractivity contribution >= 4 is 17.5 Å². The second-order valence-corrected chi connectivity index (χ2v) is 7.62. The van der Waals surface area contributed by atoms with Gasteiger partial charge in [-0.3, -0.25) is 4.79 Å². The van der Waals surface area contributed by atoms with E-state index in [2.05, 4.69) is 10.3 Å². The number of nitrogens with zero attached hydrogens (tertiary/aromatic N) is 4. The zero-order valence-electron chi connectivity index (χ0n) is 15.8. The Morgan fingerprint density at radius 3 is 2.57 bits per heavy atom. The van der Waals surface area contributed by atoms with E-state index in [9.17, 15) is 18.0 Å². The van der Waals surface area contributed by atoms with E-state index < -0.39 is 11.7 Å². The Hall–Kier alpha value is -2.87. The summed E-state index contributed by atoms with van der Waals surface area (Å²) in [6, 6.07) is 13.5. The standard InChI is InChI=1S/C21H18ClF3N4O/c22-18-8-6-14(10-17(18)21(23,24)25)7-9-20(30)28-11-16(12-28)29-13-19(26-27-29)15-4-2-1-3-5-15/h1-6,8,10,13,16H,7,9,11-12H2. The average molecular weight is 435 g/mol. The summed E-state index contributed by atoms with van der Waals surface area (Å²) in [5.74, 6) is -0.0989. The summed E-state index contributed by atoms with van der Waals surface area (Å²) in [6.07, 6.45) is -2.30. The number of likely N-dealkylation sites (tertiary alicyclic amines) is 1. The van der Waals surface area contributed by atoms with Crippen LogP contribution in [-0.4, -0.2) is 38.9 Å². The highest BCUT2D eigenvalue weighted by Crippen LogP contribution is 2.35. The number of hydrogen-bond acceptors (Lipinski definition) is 3. The highest BCUT2D eigenvalue weighted by atomic mass is 35.5. The first-order valence-electron chi connectivity index (χ1n) is 9.42. The van der Waals surface area contributed by atoms with Crippen molar-refractivity contribution in [1.29, 1.82) is 0 Å². The minimum atomic E-state index is -4.52. The van der Waals surface area contributed by atoms with E-state index >= 15 is 0 Å². The van der Waals surface area contributed by atoms with Crippen LogP contribution in [0.2, 0.25) is 5.02 Å². The topological polar surface area (TPSA) is 51.0 Å². The molecule has 2 heterocycles. The van der Waals surface area contributed by atoms with Crippen LogP contribution in [0.4, 0.5) is 13.2 Å². The fourth-order valence-corrected chi connectivity index (χ4v) is 3.60. The normalized spacial score (nSPS) is 14.6. The van der Waals surface area contributed by atoms with E-state index in [0.717, 1.165) is 17.3 Å². The fourth-order valence-electron chi connectivity index (χ4n) is 3.38. The zero-order valence-corrected chi connectivity index (χ0v) is 16.6. The first kappa shape index (κ1) is 20.4. The molecule has 0 spiro atoms. The minimum absolute atomic E-state index is 0.0475. The van der Waals surface area contributed by atoms with Crippen LogP contribution in [-0.2, 0) is 17.4 Å². The molecule has 0 radical (unpaired) electrons. The van der Waals surface area contributed by atoms with E-state index in [1.807, 2.05) is 36.5 Å². The van der Waals surface area contributed by atoms with Crippen LogP contribution in [0.25, 0.3) is 11.3 Å². The molecule has 4 rings (SSSR count). The van der Waals surface area contributed by atoms with E-state index in [1.54, 1.807) is 9.58 Å². The van der Waals surface area contributed by atoms with Gasteiger partial charge in [-0.2, -0.15) is 13.2 Å². The van der Waals surface area contributed by atoms with Crippen molar-refractivity contribution in [2.45, 2.75) is 25.1 Å². The van der Waals surface area contributed by atoms with Gasteiger partial charge in [-0.15, -0.1) is 5.10 Å². The Bertz CT molecular complexity index is 1050. The SMILES string of the molecule is O=C(CCc1ccc(Cl)c(C(F)(F)F)c1)N1CC(n2cc(-c3ccccc3)nn2)C1. The Morgan fingerprint density at radius 2 is 1.87 bits per heavy atom. The third kappa shape index (κ3) is 4.33. The van der Waals surface area contributed by atoms with Gasteiger partial charge in [0.15, 0.2) is 0 Å². The van der Waals surface area contributed by atoms with Gasteiger partial charge in [0.2, 0.25) is 5.91 Å². The first-order valence-corrected chi connectivity index (χ1v) is 9.80. The van der Waals surface area contributed by atoms with Crippen LogP contribution in [0.3, 0.4) is 0 Å². The van der Waals surface area contributed by atoms with Gasteiger partial charge < -0.3 is 4.90 Å². The second kappa shape index (κ2) is 8.10. The second-order valence-electron chi connectivity index (χ2n) is 7.21. The predicted molar refractivity (Wildman–Crippen MR) is 106 cm³/mol. The molecule has 5 nitrogen and oxygen atoms in total. The van der Waals surface area contributed by atoms with E-state index in [0.29, 0.717) is 18.7 Å². The monoisotopic (exact) mass is 434 g/mol. The molecule has 3 aromatic rings. The van der Waals surface area contributed by atoms with Crippen molar-refractivity contribution in [2.24, 2.45) is 0 Å². The molecule has 0 unspecified atom stereocenters. The molecule has 1 saturated heterocycles. The van der Waals surface area contributed by atoms with E-state index in [4.69, 9.17) is 11.6 Å². The summed E-state index contributed by atoms with van der Waals surface area (Å²) in [6.45, 7) is 1.01. The quantitative estimate of drug-likeness (QED) is 0.588. The van der Waals surface area contributed by atoms with Crippen molar-refractivity contribution in [2.75, 3.05) is 13.1 Å². The maximum absolute atomic E-state index is 13.0. The van der Waals surface area contributed by atoms with Crippen molar-refractivity contribution in [3.05, 3.63) is 70.9 Å². The van der Waals surface area contributed by atoms with Crippen molar-refractivity contribution < 1.29 is 18.0 Å². The Kier molecular flexibility index (Phi) is 5.51. The fraction of sp³-hybridized carbons (Fsp3) is 0.286. The van der Waals surface area contributed by atoms with Crippen LogP contribution in [0, 0.1) is 0 Å². The number of aromatic nitrogens is 3. The lowest BCUT2D eigenvalue weighted by Gasteiger charge is -2.39. The van der Waals surface area contributed by atoms with Crippen LogP contribution in [0.1, 0.15) is 23.6 Å². The lowest BCUT2D eigenvalue weighted by atomic mass is 10.0. The number of benzene rings is 2. The molecule has 1 aromatic heterocycles. The molecule has 0 N–H and O–H groups in total. The number of aryl methyl sites for hydroxylation is 1. The van der Waals surface area contributed by atoms with Gasteiger partial charge in [0, 0.05) is 25.1 Å². The number of alkyl halides is 3. The number of carbonyl (C=O) groups excluding carboxylic acids is 1. The molecule has 9 heteroatoms. The number of carbonyl (C=O) groups is 1. The van der Waals surface area contributed by atoms with Gasteiger partial charge in [-0.1, -0.05) is 53.2 Å². The molecule has 30 heavy (non-hydrogen) atoms. The van der Waals surface area contributed by atoms with Crippen LogP contribution >= 0.6 is 11.6 Å². The number of amides is 1. The maximum Gasteiger partial charge on any atom is 0.417 e. The van der Waals surface area contributed by atoms with Gasteiger partial charge in [-0.25, -0.2) is 4.68 Å². The van der Waals surface area contributed by atoms with Crippen molar-refractivity contribution in [3.8, 4) is 11.3 Å². The van der Waals surface area contributed by atoms with E-state index in [-0.39, 0.29) is 29.8 Å². The number of hydrogen-bond donors (Lipinski definition) is 0. The highest BCUT2D eigenvalue weighted by Gasteiger charge is 2.34. The largest absolute Gasteiger partial charge is 0.417 e. The summed E-state index contributed by atoms with van der Waals surface area (Å²) in [5, 5.41) is 7.99. The zero-order chi connectivity index (χ0) is 21.3. The molecule has 2 aromatic carbocycles. The van der Waals surface area contributed by atoms with Gasteiger partial charge >= 0.3 is 6.18 Å². The molecule has 1 aliphatic rings. The summed E-state index contributed by atoms with van der Waals surface area (Å²) in [5.41, 5.74) is 1.29. The summed E-state index contributed by atoms with van der Waals surface area (Å²) < 4.78 is 40.6. The van der Waals surface area contributed by atoms with Gasteiger partial charge in [0.1, 0.15) is 5.69 Å². The third-order valence-corrected chi connectivity index (χ3v) is 5.46. The molecule has 0 aliphatic carbocycles. The number of rotatable bonds is 5. The Labute approximate surface area is 176 Å². The predicted octanol–water partition coefficient (Wildman–Crippen LogP) is 4.63. The smallest absolute Gasteiger partial charge is 0.338 e. The molecule has 1 amide bonds. The maximum atomic E-state index is 13.0. The van der Waals surface area contributed by atoms with Crippen LogP contribution < -0.4 is 0 Å². The molecule has 0 atom stereocenters. The molecule has 0 saturated carbocycles. The first-order chi connectivity index (χ1) is 14.3. The molecule has 1 fully saturated rings. The van der Waals surface area contributed by atoms with Crippen molar-refractivity contribution in [3.63, 3.8) is 0 Å². The molecular weight excluding hydrogens is 417 g/mol. The summed E-state index contributed by atoms with van der Waals surface area (Å²) in [7, 11) is 0. The molecule has 0 bridgehead atoms. The Morgan fingerprint density at radius 1 is 1.13 bits per heavy atom. The highest BCUT2D eigenvalue weighted by molar-refractivity contribution is 6.31. The summed E-state index contributed by atoms with van der Waals surface area (Å²) in [4.78, 5) is 14.1. The van der Waals surface area contributed by atoms with Gasteiger partial charge in [0.25, 0.3) is 0 Å². The molecule has 156 valence electrons. The summed E-state index contributed by atoms with van der Waals surface area (Å²) >= 11 is 5.63. The van der Waals surface area contributed by atoms with E-state index in [1.165, 1.54) is 12.1 Å². The van der Waals surface area contributed by atoms with Crippen LogP contribution in [0.5, 0.6) is 0 Å². The third-order valence-electron chi connectivity index (χ3n) is 5.13.